The van der Waals surface area contributed by atoms with Crippen LogP contribution in [0.4, 0.5) is 0 Å². The number of hydrogen-bond acceptors (Lipinski definition) is 4. The Hall–Kier alpha value is -0.430. The molecule has 4 nitrogen and oxygen atoms in total. The zero-order valence-corrected chi connectivity index (χ0v) is 14.2. The van der Waals surface area contributed by atoms with E-state index in [1.165, 1.54) is 11.3 Å². The first-order valence-corrected chi connectivity index (χ1v) is 9.58. The Morgan fingerprint density at radius 2 is 2.00 bits per heavy atom. The second-order valence-corrected chi connectivity index (χ2v) is 8.25. The summed E-state index contributed by atoms with van der Waals surface area (Å²) in [7, 11) is -3.33. The van der Waals surface area contributed by atoms with Crippen LogP contribution in [-0.4, -0.2) is 28.1 Å². The molecule has 2 N–H and O–H groups in total. The molecule has 1 unspecified atom stereocenters. The quantitative estimate of drug-likeness (QED) is 0.652. The van der Waals surface area contributed by atoms with E-state index in [4.69, 9.17) is 0 Å². The van der Waals surface area contributed by atoms with Gasteiger partial charge in [0.15, 0.2) is 0 Å². The summed E-state index contributed by atoms with van der Waals surface area (Å²) in [5.41, 5.74) is 0. The van der Waals surface area contributed by atoms with Crippen LogP contribution in [0.5, 0.6) is 0 Å². The van der Waals surface area contributed by atoms with Crippen molar-refractivity contribution in [1.29, 1.82) is 0 Å². The third kappa shape index (κ3) is 5.91. The Balaban J connectivity index is 2.52. The second kappa shape index (κ2) is 8.77. The lowest BCUT2D eigenvalue weighted by Crippen LogP contribution is -2.27. The van der Waals surface area contributed by atoms with Crippen molar-refractivity contribution in [3.63, 3.8) is 0 Å². The van der Waals surface area contributed by atoms with E-state index in [-0.39, 0.29) is 0 Å². The van der Waals surface area contributed by atoms with E-state index in [1.807, 2.05) is 13.0 Å². The molecule has 1 aromatic rings. The fraction of sp³-hybridized carbons (Fsp3) is 0.714. The lowest BCUT2D eigenvalue weighted by molar-refractivity contribution is 0.529. The van der Waals surface area contributed by atoms with E-state index < -0.39 is 10.0 Å². The van der Waals surface area contributed by atoms with E-state index in [9.17, 15) is 8.42 Å². The molecule has 116 valence electrons. The van der Waals surface area contributed by atoms with E-state index in [0.29, 0.717) is 16.7 Å². The molecule has 0 spiro atoms. The average Bonchev–Trinajstić information content (AvgIpc) is 2.90. The summed E-state index contributed by atoms with van der Waals surface area (Å²) in [5, 5.41) is 3.32. The van der Waals surface area contributed by atoms with Gasteiger partial charge in [0.25, 0.3) is 0 Å². The predicted octanol–water partition coefficient (Wildman–Crippen LogP) is 2.61. The van der Waals surface area contributed by atoms with Crippen molar-refractivity contribution in [2.45, 2.75) is 44.2 Å². The maximum Gasteiger partial charge on any atom is 0.250 e. The summed E-state index contributed by atoms with van der Waals surface area (Å²) in [6, 6.07) is 3.62. The molecule has 0 aromatic carbocycles. The maximum atomic E-state index is 12.1. The van der Waals surface area contributed by atoms with Crippen molar-refractivity contribution in [2.75, 3.05) is 19.6 Å². The van der Waals surface area contributed by atoms with Crippen molar-refractivity contribution < 1.29 is 8.42 Å². The van der Waals surface area contributed by atoms with Gasteiger partial charge < -0.3 is 5.32 Å². The monoisotopic (exact) mass is 318 g/mol. The van der Waals surface area contributed by atoms with Crippen LogP contribution in [0, 0.1) is 5.92 Å². The Morgan fingerprint density at radius 1 is 1.25 bits per heavy atom. The van der Waals surface area contributed by atoms with Crippen LogP contribution >= 0.6 is 11.3 Å². The molecule has 6 heteroatoms. The van der Waals surface area contributed by atoms with Gasteiger partial charge in [0.2, 0.25) is 10.0 Å². The summed E-state index contributed by atoms with van der Waals surface area (Å²) >= 11 is 1.37. The first-order chi connectivity index (χ1) is 9.49. The summed E-state index contributed by atoms with van der Waals surface area (Å²) in [5.74, 6) is 0.363. The second-order valence-electron chi connectivity index (χ2n) is 5.09. The fourth-order valence-corrected chi connectivity index (χ4v) is 4.18. The Bertz CT molecular complexity index is 483. The molecule has 20 heavy (non-hydrogen) atoms. The van der Waals surface area contributed by atoms with Crippen molar-refractivity contribution in [3.8, 4) is 0 Å². The molecule has 0 bridgehead atoms. The van der Waals surface area contributed by atoms with Crippen LogP contribution in [0.25, 0.3) is 0 Å². The number of hydrogen-bond donors (Lipinski definition) is 2. The van der Waals surface area contributed by atoms with Crippen LogP contribution in [0.1, 0.15) is 38.5 Å². The smallest absolute Gasteiger partial charge is 0.250 e. The molecule has 0 aliphatic heterocycles. The molecule has 1 rings (SSSR count). The molecule has 0 amide bonds. The summed E-state index contributed by atoms with van der Waals surface area (Å²) in [6.07, 6.45) is 2.97. The van der Waals surface area contributed by atoms with E-state index in [2.05, 4.69) is 23.9 Å². The Morgan fingerprint density at radius 3 is 2.65 bits per heavy atom. The van der Waals surface area contributed by atoms with E-state index in [1.54, 1.807) is 6.07 Å². The minimum atomic E-state index is -3.33. The molecule has 0 aliphatic carbocycles. The minimum Gasteiger partial charge on any atom is -0.316 e. The topological polar surface area (TPSA) is 58.2 Å². The van der Waals surface area contributed by atoms with Gasteiger partial charge in [-0.05, 0) is 44.0 Å². The summed E-state index contributed by atoms with van der Waals surface area (Å²) < 4.78 is 27.4. The van der Waals surface area contributed by atoms with E-state index in [0.717, 1.165) is 37.2 Å². The third-order valence-corrected chi connectivity index (χ3v) is 6.26. The average molecular weight is 319 g/mol. The molecular weight excluding hydrogens is 292 g/mol. The molecule has 0 aliphatic rings. The van der Waals surface area contributed by atoms with Gasteiger partial charge in [-0.25, -0.2) is 13.1 Å². The highest BCUT2D eigenvalue weighted by atomic mass is 32.2. The van der Waals surface area contributed by atoms with Crippen LogP contribution in [-0.2, 0) is 16.4 Å². The highest BCUT2D eigenvalue weighted by Crippen LogP contribution is 2.21. The number of thiophene rings is 1. The zero-order chi connectivity index (χ0) is 15.0. The Labute approximate surface area is 127 Å². The third-order valence-electron chi connectivity index (χ3n) is 3.20. The van der Waals surface area contributed by atoms with Gasteiger partial charge >= 0.3 is 0 Å². The van der Waals surface area contributed by atoms with Gasteiger partial charge in [0.05, 0.1) is 0 Å². The standard InChI is InChI=1S/C14H26N2O2S2/c1-4-9-15-10-8-13-6-7-14(19-13)20(17,18)16-11-12(3)5-2/h6-7,12,15-16H,4-5,8-11H2,1-3H3. The van der Waals surface area contributed by atoms with Crippen LogP contribution in [0.3, 0.4) is 0 Å². The normalized spacial score (nSPS) is 13.6. The number of rotatable bonds is 10. The largest absolute Gasteiger partial charge is 0.316 e. The molecule has 0 radical (unpaired) electrons. The minimum absolute atomic E-state index is 0.363. The zero-order valence-electron chi connectivity index (χ0n) is 12.6. The molecule has 1 heterocycles. The van der Waals surface area contributed by atoms with Crippen molar-refractivity contribution in [1.82, 2.24) is 10.0 Å². The maximum absolute atomic E-state index is 12.1. The summed E-state index contributed by atoms with van der Waals surface area (Å²) in [4.78, 5) is 1.11. The van der Waals surface area contributed by atoms with Gasteiger partial charge in [0.1, 0.15) is 4.21 Å². The van der Waals surface area contributed by atoms with Crippen LogP contribution in [0.2, 0.25) is 0 Å². The highest BCUT2D eigenvalue weighted by Gasteiger charge is 2.17. The van der Waals surface area contributed by atoms with Gasteiger partial charge in [-0.3, -0.25) is 0 Å². The van der Waals surface area contributed by atoms with Crippen LogP contribution < -0.4 is 10.0 Å². The lowest BCUT2D eigenvalue weighted by atomic mass is 10.1. The van der Waals surface area contributed by atoms with Crippen molar-refractivity contribution >= 4 is 21.4 Å². The molecule has 1 atom stereocenters. The first kappa shape index (κ1) is 17.6. The highest BCUT2D eigenvalue weighted by molar-refractivity contribution is 7.91. The SMILES string of the molecule is CCCNCCc1ccc(S(=O)(=O)NCC(C)CC)s1. The molecule has 0 saturated heterocycles. The van der Waals surface area contributed by atoms with Gasteiger partial charge in [-0.2, -0.15) is 0 Å². The van der Waals surface area contributed by atoms with Crippen molar-refractivity contribution in [3.05, 3.63) is 17.0 Å². The van der Waals surface area contributed by atoms with Gasteiger partial charge in [-0.1, -0.05) is 27.2 Å². The predicted molar refractivity (Wildman–Crippen MR) is 85.8 cm³/mol. The molecule has 0 fully saturated rings. The molecule has 0 saturated carbocycles. The summed E-state index contributed by atoms with van der Waals surface area (Å²) in [6.45, 7) is 8.64. The van der Waals surface area contributed by atoms with Gasteiger partial charge in [-0.15, -0.1) is 11.3 Å². The van der Waals surface area contributed by atoms with Gasteiger partial charge in [0, 0.05) is 11.4 Å². The lowest BCUT2D eigenvalue weighted by Gasteiger charge is -2.09. The van der Waals surface area contributed by atoms with Crippen molar-refractivity contribution in [2.24, 2.45) is 5.92 Å². The molecule has 1 aromatic heterocycles. The fourth-order valence-electron chi connectivity index (χ4n) is 1.62. The number of sulfonamides is 1. The van der Waals surface area contributed by atoms with Crippen LogP contribution in [0.15, 0.2) is 16.3 Å². The Kier molecular flexibility index (Phi) is 7.72. The van der Waals surface area contributed by atoms with E-state index >= 15 is 0 Å². The molecular formula is C14H26N2O2S2. The number of nitrogens with one attached hydrogen (secondary N) is 2. The first-order valence-electron chi connectivity index (χ1n) is 7.28.